The Hall–Kier alpha value is -1.08. The first-order valence-electron chi connectivity index (χ1n) is 15.2. The van der Waals surface area contributed by atoms with Crippen LogP contribution in [0, 0.1) is 11.2 Å². The van der Waals surface area contributed by atoms with Crippen LogP contribution in [-0.2, 0) is 32.1 Å². The Morgan fingerprint density at radius 2 is 1.79 bits per heavy atom. The highest BCUT2D eigenvalue weighted by atomic mass is 127. The highest BCUT2D eigenvalue weighted by Gasteiger charge is 2.57. The van der Waals surface area contributed by atoms with Crippen molar-refractivity contribution in [1.29, 1.82) is 0 Å². The van der Waals surface area contributed by atoms with Crippen LogP contribution >= 0.6 is 22.6 Å². The molecule has 3 unspecified atom stereocenters. The van der Waals surface area contributed by atoms with E-state index in [1.165, 1.54) is 6.07 Å². The van der Waals surface area contributed by atoms with Gasteiger partial charge in [0.2, 0.25) is 0 Å². The summed E-state index contributed by atoms with van der Waals surface area (Å²) in [4.78, 5) is 5.33. The molecule has 3 aliphatic rings. The van der Waals surface area contributed by atoms with Crippen LogP contribution in [0.1, 0.15) is 119 Å². The average molecular weight is 734 g/mol. The normalized spacial score (nSPS) is 27.5. The summed E-state index contributed by atoms with van der Waals surface area (Å²) in [7, 11) is -2.23. The van der Waals surface area contributed by atoms with Gasteiger partial charge in [0.1, 0.15) is 17.5 Å². The average Bonchev–Trinajstić information content (AvgIpc) is 3.18. The van der Waals surface area contributed by atoms with Crippen LogP contribution in [0.4, 0.5) is 17.6 Å². The zero-order valence-corrected chi connectivity index (χ0v) is 29.8. The van der Waals surface area contributed by atoms with E-state index in [0.717, 1.165) is 53.1 Å². The van der Waals surface area contributed by atoms with Crippen molar-refractivity contribution in [3.63, 3.8) is 0 Å². The van der Waals surface area contributed by atoms with Crippen LogP contribution in [0.3, 0.4) is 0 Å². The maximum Gasteiger partial charge on any atom is 0.419 e. The Morgan fingerprint density at radius 1 is 1.12 bits per heavy atom. The Kier molecular flexibility index (Phi) is 8.53. The fraction of sp³-hybridized carbons (Fsp3) is 0.667. The third kappa shape index (κ3) is 5.85. The van der Waals surface area contributed by atoms with Crippen molar-refractivity contribution in [2.75, 3.05) is 13.2 Å². The lowest BCUT2D eigenvalue weighted by Crippen LogP contribution is -2.47. The van der Waals surface area contributed by atoms with E-state index in [-0.39, 0.29) is 26.4 Å². The summed E-state index contributed by atoms with van der Waals surface area (Å²) in [5.41, 5.74) is 3.12. The molecule has 43 heavy (non-hydrogen) atoms. The summed E-state index contributed by atoms with van der Waals surface area (Å²) < 4.78 is 75.7. The maximum absolute atomic E-state index is 15.0. The number of ether oxygens (including phenoxy) is 2. The second-order valence-electron chi connectivity index (χ2n) is 15.1. The van der Waals surface area contributed by atoms with Gasteiger partial charge in [-0.3, -0.25) is 4.98 Å². The quantitative estimate of drug-likeness (QED) is 0.136. The molecular formula is C33H44F4INO3Si. The van der Waals surface area contributed by atoms with Gasteiger partial charge in [0, 0.05) is 41.1 Å². The van der Waals surface area contributed by atoms with Gasteiger partial charge in [-0.15, -0.1) is 0 Å². The van der Waals surface area contributed by atoms with Crippen LogP contribution < -0.4 is 0 Å². The van der Waals surface area contributed by atoms with E-state index in [9.17, 15) is 13.2 Å². The maximum atomic E-state index is 15.0. The van der Waals surface area contributed by atoms with E-state index >= 15 is 4.39 Å². The molecule has 0 amide bonds. The molecule has 0 bridgehead atoms. The third-order valence-corrected chi connectivity index (χ3v) is 15.7. The summed E-state index contributed by atoms with van der Waals surface area (Å²) in [6, 6.07) is 3.18. The Morgan fingerprint density at radius 3 is 2.35 bits per heavy atom. The number of hydrogen-bond acceptors (Lipinski definition) is 4. The molecule has 1 spiro atoms. The van der Waals surface area contributed by atoms with Crippen LogP contribution in [-0.4, -0.2) is 30.4 Å². The molecular weight excluding hydrogens is 689 g/mol. The smallest absolute Gasteiger partial charge is 0.410 e. The fourth-order valence-corrected chi connectivity index (χ4v) is 8.98. The number of aromatic nitrogens is 1. The lowest BCUT2D eigenvalue weighted by Gasteiger charge is -2.47. The zero-order valence-electron chi connectivity index (χ0n) is 26.6. The second kappa shape index (κ2) is 11.0. The van der Waals surface area contributed by atoms with Crippen molar-refractivity contribution in [2.24, 2.45) is 5.41 Å². The van der Waals surface area contributed by atoms with E-state index in [1.54, 1.807) is 0 Å². The van der Waals surface area contributed by atoms with Crippen LogP contribution in [0.2, 0.25) is 18.1 Å². The first-order chi connectivity index (χ1) is 19.7. The van der Waals surface area contributed by atoms with Crippen molar-refractivity contribution in [2.45, 2.75) is 120 Å². The van der Waals surface area contributed by atoms with Gasteiger partial charge in [-0.25, -0.2) is 4.39 Å². The van der Waals surface area contributed by atoms with Gasteiger partial charge in [-0.2, -0.15) is 13.2 Å². The van der Waals surface area contributed by atoms with E-state index in [0.29, 0.717) is 25.2 Å². The molecule has 1 aromatic carbocycles. The topological polar surface area (TPSA) is 40.6 Å². The molecule has 2 aliphatic heterocycles. The molecule has 2 aromatic rings. The van der Waals surface area contributed by atoms with E-state index < -0.39 is 37.6 Å². The number of rotatable bonds is 4. The lowest BCUT2D eigenvalue weighted by atomic mass is 9.70. The zero-order chi connectivity index (χ0) is 31.9. The molecule has 0 radical (unpaired) electrons. The molecule has 1 saturated heterocycles. The molecule has 4 atom stereocenters. The number of halogens is 5. The summed E-state index contributed by atoms with van der Waals surface area (Å²) in [5.74, 6) is -1.29. The van der Waals surface area contributed by atoms with Gasteiger partial charge in [0.05, 0.1) is 22.2 Å². The monoisotopic (exact) mass is 733 g/mol. The number of hydrogen-bond donors (Lipinski definition) is 0. The van der Waals surface area contributed by atoms with Crippen LogP contribution in [0.25, 0.3) is 0 Å². The number of fused-ring (bicyclic) bond motifs is 4. The molecule has 1 aliphatic carbocycles. The van der Waals surface area contributed by atoms with Crippen molar-refractivity contribution < 1.29 is 31.5 Å². The van der Waals surface area contributed by atoms with Gasteiger partial charge in [-0.05, 0) is 60.0 Å². The third-order valence-electron chi connectivity index (χ3n) is 9.88. The number of alkyl halides is 4. The van der Waals surface area contributed by atoms with Gasteiger partial charge >= 0.3 is 6.18 Å². The summed E-state index contributed by atoms with van der Waals surface area (Å²) in [6.45, 7) is 20.9. The molecule has 10 heteroatoms. The minimum Gasteiger partial charge on any atom is -0.410 e. The summed E-state index contributed by atoms with van der Waals surface area (Å²) >= 11 is 2.39. The highest BCUT2D eigenvalue weighted by Crippen LogP contribution is 2.60. The molecule has 0 N–H and O–H groups in total. The molecule has 238 valence electrons. The molecule has 1 aromatic heterocycles. The molecule has 1 fully saturated rings. The van der Waals surface area contributed by atoms with Crippen LogP contribution in [0.15, 0.2) is 18.2 Å². The van der Waals surface area contributed by atoms with Crippen molar-refractivity contribution in [3.8, 4) is 0 Å². The second-order valence-corrected chi connectivity index (χ2v) is 21.4. The summed E-state index contributed by atoms with van der Waals surface area (Å²) in [5, 5.41) is -0.0117. The Labute approximate surface area is 267 Å². The van der Waals surface area contributed by atoms with Crippen molar-refractivity contribution >= 4 is 30.9 Å². The molecule has 3 heterocycles. The molecule has 5 rings (SSSR count). The lowest BCUT2D eigenvalue weighted by molar-refractivity contribution is -0.140. The largest absolute Gasteiger partial charge is 0.419 e. The number of pyridine rings is 1. The minimum absolute atomic E-state index is 0.0110. The molecule has 4 nitrogen and oxygen atoms in total. The van der Waals surface area contributed by atoms with E-state index in [2.05, 4.69) is 84.2 Å². The van der Waals surface area contributed by atoms with Crippen molar-refractivity contribution in [1.82, 2.24) is 4.98 Å². The first-order valence-corrected chi connectivity index (χ1v) is 19.3. The van der Waals surface area contributed by atoms with Gasteiger partial charge in [0.25, 0.3) is 0 Å². The Bertz CT molecular complexity index is 1400. The van der Waals surface area contributed by atoms with Gasteiger partial charge < -0.3 is 13.9 Å². The van der Waals surface area contributed by atoms with Crippen molar-refractivity contribution in [3.05, 3.63) is 63.2 Å². The SMILES string of the molecule is CC(C)c1nc2c(c3c1[C@@H](c1ccc(C(F)(F)F)c(F)c1)OC31CCOCC1I)C(O[Si](C)(C)C(C)(C)C)CC(C)(C)C2. The highest BCUT2D eigenvalue weighted by molar-refractivity contribution is 14.1. The minimum atomic E-state index is -4.78. The molecule has 0 saturated carbocycles. The standard InChI is InChI=1S/C33H44F4INO3Si/c1-18(2)28-26-27(25-22(39-28)15-31(6,7)16-23(25)42-43(8,9)30(3,4)5)32(12-13-40-17-24(32)38)41-29(26)19-10-11-20(21(34)14-19)33(35,36)37/h10-11,14,18,23-24,29H,12-13,15-17H2,1-9H3/t23?,24?,29-,32?/m1/s1. The number of benzene rings is 1. The Balaban J connectivity index is 1.81. The number of nitrogens with zero attached hydrogens (tertiary/aromatic N) is 1. The van der Waals surface area contributed by atoms with E-state index in [4.69, 9.17) is 18.9 Å². The predicted octanol–water partition coefficient (Wildman–Crippen LogP) is 9.94. The van der Waals surface area contributed by atoms with Gasteiger partial charge in [0.15, 0.2) is 8.32 Å². The first kappa shape index (κ1) is 33.3. The van der Waals surface area contributed by atoms with Crippen LogP contribution in [0.5, 0.6) is 0 Å². The summed E-state index contributed by atoms with van der Waals surface area (Å²) in [6.07, 6.45) is -3.57. The fourth-order valence-electron chi connectivity index (χ4n) is 6.69. The van der Waals surface area contributed by atoms with E-state index in [1.807, 2.05) is 0 Å². The van der Waals surface area contributed by atoms with Gasteiger partial charge in [-0.1, -0.05) is 77.1 Å². The predicted molar refractivity (Wildman–Crippen MR) is 171 cm³/mol.